The van der Waals surface area contributed by atoms with E-state index in [-0.39, 0.29) is 23.1 Å². The highest BCUT2D eigenvalue weighted by Gasteiger charge is 2.19. The molecule has 8 nitrogen and oxygen atoms in total. The maximum atomic E-state index is 10.9. The predicted octanol–water partition coefficient (Wildman–Crippen LogP) is 2.18. The molecule has 0 fully saturated rings. The molecular weight excluding hydrogens is 266 g/mol. The summed E-state index contributed by atoms with van der Waals surface area (Å²) in [5.41, 5.74) is 0.0177. The number of ether oxygens (including phenoxy) is 1. The molecule has 2 aromatic rings. The van der Waals surface area contributed by atoms with Crippen molar-refractivity contribution in [3.05, 3.63) is 51.8 Å². The van der Waals surface area contributed by atoms with E-state index in [1.807, 2.05) is 0 Å². The van der Waals surface area contributed by atoms with Gasteiger partial charge in [-0.05, 0) is 18.6 Å². The van der Waals surface area contributed by atoms with Crippen molar-refractivity contribution in [3.8, 4) is 11.8 Å². The standard InChI is InChI=1S/C12H9N3O5/c1-7-3-2-4-9(15(18)19)10(7)20-12-13-6-5-8(14-12)11(16)17/h2-6H,1H3,(H,16,17). The van der Waals surface area contributed by atoms with Crippen LogP contribution in [0.3, 0.4) is 0 Å². The summed E-state index contributed by atoms with van der Waals surface area (Å²) >= 11 is 0. The molecule has 0 radical (unpaired) electrons. The molecule has 0 aliphatic carbocycles. The maximum absolute atomic E-state index is 10.9. The van der Waals surface area contributed by atoms with Crippen LogP contribution in [-0.2, 0) is 0 Å². The average molecular weight is 275 g/mol. The van der Waals surface area contributed by atoms with Crippen molar-refractivity contribution in [2.45, 2.75) is 6.92 Å². The third-order valence-electron chi connectivity index (χ3n) is 2.43. The van der Waals surface area contributed by atoms with Crippen LogP contribution in [0.15, 0.2) is 30.5 Å². The lowest BCUT2D eigenvalue weighted by Gasteiger charge is -2.07. The van der Waals surface area contributed by atoms with Crippen LogP contribution in [0.1, 0.15) is 16.1 Å². The van der Waals surface area contributed by atoms with E-state index in [2.05, 4.69) is 9.97 Å². The fraction of sp³-hybridized carbons (Fsp3) is 0.0833. The second kappa shape index (κ2) is 5.31. The zero-order valence-corrected chi connectivity index (χ0v) is 10.3. The molecule has 1 N–H and O–H groups in total. The number of carboxylic acid groups (broad SMARTS) is 1. The normalized spacial score (nSPS) is 10.1. The van der Waals surface area contributed by atoms with E-state index in [0.29, 0.717) is 5.56 Å². The van der Waals surface area contributed by atoms with Gasteiger partial charge in [-0.25, -0.2) is 9.78 Å². The van der Waals surface area contributed by atoms with Crippen molar-refractivity contribution in [3.63, 3.8) is 0 Å². The molecule has 2 rings (SSSR count). The molecule has 20 heavy (non-hydrogen) atoms. The lowest BCUT2D eigenvalue weighted by molar-refractivity contribution is -0.385. The Balaban J connectivity index is 2.42. The Morgan fingerprint density at radius 2 is 2.15 bits per heavy atom. The van der Waals surface area contributed by atoms with Gasteiger partial charge in [-0.2, -0.15) is 4.98 Å². The van der Waals surface area contributed by atoms with Crippen LogP contribution in [0.25, 0.3) is 0 Å². The van der Waals surface area contributed by atoms with Crippen LogP contribution in [0, 0.1) is 17.0 Å². The fourth-order valence-electron chi connectivity index (χ4n) is 1.51. The van der Waals surface area contributed by atoms with E-state index >= 15 is 0 Å². The molecule has 0 atom stereocenters. The molecule has 0 aliphatic heterocycles. The van der Waals surface area contributed by atoms with Gasteiger partial charge in [0.15, 0.2) is 5.69 Å². The first-order valence-electron chi connectivity index (χ1n) is 5.47. The summed E-state index contributed by atoms with van der Waals surface area (Å²) in [7, 11) is 0. The van der Waals surface area contributed by atoms with Gasteiger partial charge in [0.2, 0.25) is 5.75 Å². The number of para-hydroxylation sites is 1. The number of rotatable bonds is 4. The van der Waals surface area contributed by atoms with Gasteiger partial charge in [-0.3, -0.25) is 10.1 Å². The van der Waals surface area contributed by atoms with Gasteiger partial charge in [0, 0.05) is 12.3 Å². The maximum Gasteiger partial charge on any atom is 0.354 e. The van der Waals surface area contributed by atoms with Crippen molar-refractivity contribution in [2.75, 3.05) is 0 Å². The van der Waals surface area contributed by atoms with Crippen LogP contribution >= 0.6 is 0 Å². The molecule has 102 valence electrons. The number of nitro groups is 1. The first kappa shape index (κ1) is 13.4. The van der Waals surface area contributed by atoms with Gasteiger partial charge in [0.25, 0.3) is 0 Å². The van der Waals surface area contributed by atoms with E-state index in [1.54, 1.807) is 13.0 Å². The Hall–Kier alpha value is -3.03. The Bertz CT molecular complexity index is 687. The largest absolute Gasteiger partial charge is 0.477 e. The quantitative estimate of drug-likeness (QED) is 0.671. The number of benzene rings is 1. The first-order chi connectivity index (χ1) is 9.49. The zero-order chi connectivity index (χ0) is 14.7. The SMILES string of the molecule is Cc1cccc([N+](=O)[O-])c1Oc1nccc(C(=O)O)n1. The Kier molecular flexibility index (Phi) is 3.56. The number of aromatic carboxylic acids is 1. The second-order valence-corrected chi connectivity index (χ2v) is 3.81. The molecule has 1 heterocycles. The molecule has 0 aliphatic rings. The highest BCUT2D eigenvalue weighted by molar-refractivity contribution is 5.85. The molecular formula is C12H9N3O5. The number of hydrogen-bond acceptors (Lipinski definition) is 6. The van der Waals surface area contributed by atoms with Crippen molar-refractivity contribution in [1.82, 2.24) is 9.97 Å². The Labute approximate surface area is 112 Å². The number of hydrogen-bond donors (Lipinski definition) is 1. The third kappa shape index (κ3) is 2.69. The van der Waals surface area contributed by atoms with Crippen molar-refractivity contribution < 1.29 is 19.6 Å². The topological polar surface area (TPSA) is 115 Å². The van der Waals surface area contributed by atoms with Gasteiger partial charge < -0.3 is 9.84 Å². The summed E-state index contributed by atoms with van der Waals surface area (Å²) in [6, 6.07) is 5.37. The van der Waals surface area contributed by atoms with Crippen LogP contribution in [0.5, 0.6) is 11.8 Å². The summed E-state index contributed by atoms with van der Waals surface area (Å²) < 4.78 is 5.27. The minimum atomic E-state index is -1.24. The van der Waals surface area contributed by atoms with Gasteiger partial charge in [-0.1, -0.05) is 12.1 Å². The van der Waals surface area contributed by atoms with Gasteiger partial charge in [-0.15, -0.1) is 0 Å². The van der Waals surface area contributed by atoms with E-state index in [1.165, 1.54) is 24.4 Å². The number of carbonyl (C=O) groups is 1. The Morgan fingerprint density at radius 1 is 1.40 bits per heavy atom. The summed E-state index contributed by atoms with van der Waals surface area (Å²) in [6.45, 7) is 1.63. The van der Waals surface area contributed by atoms with Crippen molar-refractivity contribution in [2.24, 2.45) is 0 Å². The Morgan fingerprint density at radius 3 is 2.80 bits per heavy atom. The highest BCUT2D eigenvalue weighted by Crippen LogP contribution is 2.32. The minimum Gasteiger partial charge on any atom is -0.477 e. The van der Waals surface area contributed by atoms with Gasteiger partial charge in [0.05, 0.1) is 4.92 Å². The van der Waals surface area contributed by atoms with Crippen LogP contribution < -0.4 is 4.74 Å². The number of aryl methyl sites for hydroxylation is 1. The predicted molar refractivity (Wildman–Crippen MR) is 66.9 cm³/mol. The first-order valence-corrected chi connectivity index (χ1v) is 5.47. The number of nitro benzene ring substituents is 1. The molecule has 1 aromatic carbocycles. The monoisotopic (exact) mass is 275 g/mol. The lowest BCUT2D eigenvalue weighted by Crippen LogP contribution is -2.03. The smallest absolute Gasteiger partial charge is 0.354 e. The second-order valence-electron chi connectivity index (χ2n) is 3.81. The van der Waals surface area contributed by atoms with Crippen LogP contribution in [-0.4, -0.2) is 26.0 Å². The fourth-order valence-corrected chi connectivity index (χ4v) is 1.51. The van der Waals surface area contributed by atoms with E-state index < -0.39 is 10.9 Å². The number of nitrogens with zero attached hydrogens (tertiary/aromatic N) is 3. The summed E-state index contributed by atoms with van der Waals surface area (Å²) in [5.74, 6) is -1.25. The lowest BCUT2D eigenvalue weighted by atomic mass is 10.2. The average Bonchev–Trinajstić information content (AvgIpc) is 2.41. The molecule has 0 bridgehead atoms. The number of aromatic nitrogens is 2. The molecule has 8 heteroatoms. The molecule has 0 spiro atoms. The summed E-state index contributed by atoms with van der Waals surface area (Å²) in [4.78, 5) is 28.5. The molecule has 0 amide bonds. The van der Waals surface area contributed by atoms with E-state index in [4.69, 9.17) is 9.84 Å². The molecule has 0 saturated carbocycles. The van der Waals surface area contributed by atoms with E-state index in [9.17, 15) is 14.9 Å². The van der Waals surface area contributed by atoms with Crippen LogP contribution in [0.4, 0.5) is 5.69 Å². The van der Waals surface area contributed by atoms with Gasteiger partial charge in [0.1, 0.15) is 0 Å². The summed E-state index contributed by atoms with van der Waals surface area (Å²) in [5, 5.41) is 19.7. The molecule has 0 saturated heterocycles. The third-order valence-corrected chi connectivity index (χ3v) is 2.43. The molecule has 0 unspecified atom stereocenters. The van der Waals surface area contributed by atoms with Gasteiger partial charge >= 0.3 is 17.7 Å². The van der Waals surface area contributed by atoms with Crippen LogP contribution in [0.2, 0.25) is 0 Å². The van der Waals surface area contributed by atoms with Crippen molar-refractivity contribution >= 4 is 11.7 Å². The number of carboxylic acids is 1. The van der Waals surface area contributed by atoms with E-state index in [0.717, 1.165) is 0 Å². The minimum absolute atomic E-state index is 0.0139. The zero-order valence-electron chi connectivity index (χ0n) is 10.3. The summed E-state index contributed by atoms with van der Waals surface area (Å²) in [6.07, 6.45) is 1.20. The molecule has 1 aromatic heterocycles. The van der Waals surface area contributed by atoms with Crippen molar-refractivity contribution in [1.29, 1.82) is 0 Å². The highest BCUT2D eigenvalue weighted by atomic mass is 16.6.